The van der Waals surface area contributed by atoms with Gasteiger partial charge in [-0.2, -0.15) is 0 Å². The molecule has 0 unspecified atom stereocenters. The van der Waals surface area contributed by atoms with Crippen molar-refractivity contribution in [2.75, 3.05) is 46.3 Å². The van der Waals surface area contributed by atoms with Gasteiger partial charge in [0.25, 0.3) is 0 Å². The molecular formula is C17H25F2N3O. The van der Waals surface area contributed by atoms with Crippen LogP contribution in [-0.2, 0) is 6.54 Å². The quantitative estimate of drug-likeness (QED) is 0.903. The number of hydrogen-bond acceptors (Lipinski definition) is 4. The summed E-state index contributed by atoms with van der Waals surface area (Å²) in [6.45, 7) is 5.67. The van der Waals surface area contributed by atoms with Gasteiger partial charge in [-0.25, -0.2) is 8.78 Å². The van der Waals surface area contributed by atoms with Crippen LogP contribution in [0, 0.1) is 11.6 Å². The lowest BCUT2D eigenvalue weighted by Gasteiger charge is -2.44. The molecule has 6 heteroatoms. The highest BCUT2D eigenvalue weighted by molar-refractivity contribution is 5.19. The molecular weight excluding hydrogens is 300 g/mol. The van der Waals surface area contributed by atoms with Crippen LogP contribution >= 0.6 is 0 Å². The fourth-order valence-corrected chi connectivity index (χ4v) is 3.62. The van der Waals surface area contributed by atoms with Crippen molar-refractivity contribution >= 4 is 0 Å². The fourth-order valence-electron chi connectivity index (χ4n) is 3.62. The van der Waals surface area contributed by atoms with Gasteiger partial charge in [0.1, 0.15) is 0 Å². The van der Waals surface area contributed by atoms with E-state index in [-0.39, 0.29) is 6.04 Å². The van der Waals surface area contributed by atoms with Crippen LogP contribution < -0.4 is 0 Å². The Balaban J connectivity index is 1.57. The Kier molecular flexibility index (Phi) is 5.26. The lowest BCUT2D eigenvalue weighted by atomic mass is 9.98. The van der Waals surface area contributed by atoms with Crippen molar-refractivity contribution in [1.82, 2.24) is 14.7 Å². The second kappa shape index (κ2) is 7.21. The first kappa shape index (κ1) is 16.8. The number of piperazine rings is 1. The average Bonchev–Trinajstić information content (AvgIpc) is 2.53. The van der Waals surface area contributed by atoms with E-state index in [1.807, 2.05) is 4.90 Å². The van der Waals surface area contributed by atoms with Crippen molar-refractivity contribution in [2.24, 2.45) is 0 Å². The van der Waals surface area contributed by atoms with Crippen molar-refractivity contribution in [3.8, 4) is 0 Å². The van der Waals surface area contributed by atoms with E-state index in [9.17, 15) is 13.9 Å². The molecule has 2 aliphatic heterocycles. The molecule has 2 aliphatic rings. The van der Waals surface area contributed by atoms with Crippen molar-refractivity contribution < 1.29 is 13.9 Å². The minimum atomic E-state index is -0.810. The second-order valence-electron chi connectivity index (χ2n) is 6.71. The molecule has 2 atom stereocenters. The number of piperidine rings is 1. The molecule has 1 aromatic carbocycles. The van der Waals surface area contributed by atoms with Crippen LogP contribution in [0.3, 0.4) is 0 Å². The normalized spacial score (nSPS) is 28.2. The van der Waals surface area contributed by atoms with Crippen LogP contribution in [-0.4, -0.2) is 78.3 Å². The molecule has 1 N–H and O–H groups in total. The van der Waals surface area contributed by atoms with E-state index in [2.05, 4.69) is 16.8 Å². The number of halogens is 2. The predicted octanol–water partition coefficient (Wildman–Crippen LogP) is 1.15. The smallest absolute Gasteiger partial charge is 0.163 e. The zero-order valence-electron chi connectivity index (χ0n) is 13.6. The summed E-state index contributed by atoms with van der Waals surface area (Å²) in [4.78, 5) is 6.67. The predicted molar refractivity (Wildman–Crippen MR) is 85.1 cm³/mol. The van der Waals surface area contributed by atoms with Gasteiger partial charge >= 0.3 is 0 Å². The maximum Gasteiger partial charge on any atom is 0.163 e. The van der Waals surface area contributed by atoms with E-state index in [1.54, 1.807) is 6.07 Å². The highest BCUT2D eigenvalue weighted by Gasteiger charge is 2.33. The minimum Gasteiger partial charge on any atom is -0.390 e. The number of benzene rings is 1. The number of aliphatic hydroxyl groups excluding tert-OH is 1. The minimum absolute atomic E-state index is 0.178. The molecule has 0 aromatic heterocycles. The highest BCUT2D eigenvalue weighted by Crippen LogP contribution is 2.21. The fraction of sp³-hybridized carbons (Fsp3) is 0.647. The Morgan fingerprint density at radius 1 is 1.13 bits per heavy atom. The summed E-state index contributed by atoms with van der Waals surface area (Å²) in [5.74, 6) is -1.58. The van der Waals surface area contributed by atoms with Crippen LogP contribution in [0.2, 0.25) is 0 Å². The third kappa shape index (κ3) is 3.88. The lowest BCUT2D eigenvalue weighted by Crippen LogP contribution is -2.58. The molecule has 2 saturated heterocycles. The SMILES string of the molecule is CN1CCN([C@@H]2CCN(Cc3cccc(F)c3F)C[C@H]2O)CC1. The van der Waals surface area contributed by atoms with Crippen molar-refractivity contribution in [3.63, 3.8) is 0 Å². The largest absolute Gasteiger partial charge is 0.390 e. The van der Waals surface area contributed by atoms with E-state index < -0.39 is 17.7 Å². The first-order valence-electron chi connectivity index (χ1n) is 8.30. The summed E-state index contributed by atoms with van der Waals surface area (Å²) in [7, 11) is 2.11. The summed E-state index contributed by atoms with van der Waals surface area (Å²) >= 11 is 0. The zero-order valence-corrected chi connectivity index (χ0v) is 13.6. The summed E-state index contributed by atoms with van der Waals surface area (Å²) < 4.78 is 27.1. The molecule has 128 valence electrons. The Hall–Kier alpha value is -1.08. The lowest BCUT2D eigenvalue weighted by molar-refractivity contribution is -0.0288. The van der Waals surface area contributed by atoms with Crippen LogP contribution in [0.1, 0.15) is 12.0 Å². The number of nitrogens with zero attached hydrogens (tertiary/aromatic N) is 3. The van der Waals surface area contributed by atoms with E-state index in [4.69, 9.17) is 0 Å². The number of aliphatic hydroxyl groups is 1. The molecule has 4 nitrogen and oxygen atoms in total. The zero-order chi connectivity index (χ0) is 16.4. The standard InChI is InChI=1S/C17H25F2N3O/c1-20-7-9-22(10-8-20)15-5-6-21(12-16(15)23)11-13-3-2-4-14(18)17(13)19/h2-4,15-16,23H,5-12H2,1H3/t15-,16-/m1/s1. The van der Waals surface area contributed by atoms with Gasteiger partial charge in [0, 0.05) is 57.4 Å². The molecule has 1 aromatic rings. The summed E-state index contributed by atoms with van der Waals surface area (Å²) in [6, 6.07) is 4.45. The molecule has 0 saturated carbocycles. The van der Waals surface area contributed by atoms with Crippen LogP contribution in [0.15, 0.2) is 18.2 Å². The van der Waals surface area contributed by atoms with Gasteiger partial charge in [0.05, 0.1) is 6.10 Å². The van der Waals surface area contributed by atoms with Crippen molar-refractivity contribution in [1.29, 1.82) is 0 Å². The maximum absolute atomic E-state index is 13.8. The maximum atomic E-state index is 13.8. The number of rotatable bonds is 3. The summed E-state index contributed by atoms with van der Waals surface area (Å²) in [5.41, 5.74) is 0.357. The molecule has 0 aliphatic carbocycles. The number of likely N-dealkylation sites (tertiary alicyclic amines) is 1. The molecule has 0 radical (unpaired) electrons. The van der Waals surface area contributed by atoms with Gasteiger partial charge in [-0.3, -0.25) is 9.80 Å². The van der Waals surface area contributed by atoms with E-state index in [0.717, 1.165) is 45.2 Å². The monoisotopic (exact) mass is 325 g/mol. The molecule has 3 rings (SSSR count). The summed E-state index contributed by atoms with van der Waals surface area (Å²) in [6.07, 6.45) is 0.422. The number of hydrogen-bond donors (Lipinski definition) is 1. The Bertz CT molecular complexity index is 535. The first-order valence-corrected chi connectivity index (χ1v) is 8.30. The molecule has 0 bridgehead atoms. The third-order valence-electron chi connectivity index (χ3n) is 5.06. The topological polar surface area (TPSA) is 30.0 Å². The summed E-state index contributed by atoms with van der Waals surface area (Å²) in [5, 5.41) is 10.5. The van der Waals surface area contributed by atoms with Crippen LogP contribution in [0.4, 0.5) is 8.78 Å². The van der Waals surface area contributed by atoms with Gasteiger partial charge in [-0.05, 0) is 19.5 Å². The van der Waals surface area contributed by atoms with E-state index in [1.165, 1.54) is 6.07 Å². The van der Waals surface area contributed by atoms with Crippen molar-refractivity contribution in [3.05, 3.63) is 35.4 Å². The Morgan fingerprint density at radius 2 is 1.87 bits per heavy atom. The molecule has 2 heterocycles. The number of β-amino-alcohol motifs (C(OH)–C–C–N with tert-alkyl or cyclic N) is 1. The average molecular weight is 325 g/mol. The Labute approximate surface area is 136 Å². The van der Waals surface area contributed by atoms with Crippen molar-refractivity contribution in [2.45, 2.75) is 25.1 Å². The van der Waals surface area contributed by atoms with Gasteiger partial charge in [0.15, 0.2) is 11.6 Å². The highest BCUT2D eigenvalue weighted by atomic mass is 19.2. The first-order chi connectivity index (χ1) is 11.0. The van der Waals surface area contributed by atoms with Gasteiger partial charge in [-0.15, -0.1) is 0 Å². The van der Waals surface area contributed by atoms with Crippen LogP contribution in [0.25, 0.3) is 0 Å². The van der Waals surface area contributed by atoms with Crippen LogP contribution in [0.5, 0.6) is 0 Å². The van der Waals surface area contributed by atoms with E-state index in [0.29, 0.717) is 18.7 Å². The number of likely N-dealkylation sites (N-methyl/N-ethyl adjacent to an activating group) is 1. The van der Waals surface area contributed by atoms with Gasteiger partial charge in [0.2, 0.25) is 0 Å². The molecule has 2 fully saturated rings. The molecule has 0 amide bonds. The molecule has 0 spiro atoms. The molecule has 23 heavy (non-hydrogen) atoms. The Morgan fingerprint density at radius 3 is 2.57 bits per heavy atom. The second-order valence-corrected chi connectivity index (χ2v) is 6.71. The van der Waals surface area contributed by atoms with Gasteiger partial charge < -0.3 is 10.0 Å². The third-order valence-corrected chi connectivity index (χ3v) is 5.06. The van der Waals surface area contributed by atoms with E-state index >= 15 is 0 Å². The van der Waals surface area contributed by atoms with Gasteiger partial charge in [-0.1, -0.05) is 12.1 Å².